The van der Waals surface area contributed by atoms with E-state index in [1.807, 2.05) is 14.1 Å². The van der Waals surface area contributed by atoms with Crippen LogP contribution in [0.4, 0.5) is 15.2 Å². The molecule has 0 unspecified atom stereocenters. The molecule has 222 valence electrons. The molecule has 1 heterocycles. The Labute approximate surface area is 258 Å². The van der Waals surface area contributed by atoms with E-state index in [2.05, 4.69) is 15.2 Å². The molecule has 0 saturated heterocycles. The van der Waals surface area contributed by atoms with E-state index in [9.17, 15) is 8.42 Å². The summed E-state index contributed by atoms with van der Waals surface area (Å²) < 4.78 is 54.6. The van der Waals surface area contributed by atoms with Crippen LogP contribution in [0.3, 0.4) is 0 Å². The van der Waals surface area contributed by atoms with Crippen LogP contribution in [0.1, 0.15) is 18.4 Å². The van der Waals surface area contributed by atoms with E-state index < -0.39 is 25.1 Å². The van der Waals surface area contributed by atoms with Crippen molar-refractivity contribution in [2.45, 2.75) is 40.7 Å². The van der Waals surface area contributed by atoms with Crippen molar-refractivity contribution in [2.75, 3.05) is 37.9 Å². The number of anilines is 2. The molecule has 3 aromatic rings. The number of benzene rings is 2. The molecule has 41 heavy (non-hydrogen) atoms. The average molecular weight is 664 g/mol. The summed E-state index contributed by atoms with van der Waals surface area (Å²) in [6.45, 7) is -0.159. The van der Waals surface area contributed by atoms with Crippen molar-refractivity contribution in [3.63, 3.8) is 0 Å². The third kappa shape index (κ3) is 5.81. The third-order valence-electron chi connectivity index (χ3n) is 7.87. The molecule has 0 bridgehead atoms. The molecule has 2 saturated carbocycles. The fourth-order valence-electron chi connectivity index (χ4n) is 5.57. The van der Waals surface area contributed by atoms with Crippen LogP contribution in [0.25, 0.3) is 0 Å². The number of ether oxygens (including phenoxy) is 2. The van der Waals surface area contributed by atoms with Crippen LogP contribution >= 0.6 is 46.1 Å². The van der Waals surface area contributed by atoms with E-state index in [1.165, 1.54) is 20.4 Å². The number of likely N-dealkylation sites (N-methyl/N-ethyl adjacent to an activating group) is 1. The molecule has 8 nitrogen and oxygen atoms in total. The normalized spacial score (nSPS) is 23.1. The highest BCUT2D eigenvalue weighted by molar-refractivity contribution is 7.93. The van der Waals surface area contributed by atoms with Gasteiger partial charge in [0.2, 0.25) is 0 Å². The zero-order valence-electron chi connectivity index (χ0n) is 22.8. The summed E-state index contributed by atoms with van der Waals surface area (Å²) in [6, 6.07) is 7.27. The molecule has 14 heteroatoms. The SMILES string of the molecule is COc1ccc(CN(c2nccs2)S(=O)(=O)c2cc(Cl)c(N[C@H]3C[C@@H]4[C@H](C[C@@H]3N(C)C)C4(Cl)Cl)cc2F)c(OC)c1. The topological polar surface area (TPSA) is 84.0 Å². The number of sulfonamides is 1. The minimum Gasteiger partial charge on any atom is -0.497 e. The highest BCUT2D eigenvalue weighted by atomic mass is 35.5. The van der Waals surface area contributed by atoms with Gasteiger partial charge in [0.15, 0.2) is 5.13 Å². The second kappa shape index (κ2) is 11.6. The molecule has 2 aliphatic carbocycles. The van der Waals surface area contributed by atoms with Gasteiger partial charge < -0.3 is 19.7 Å². The van der Waals surface area contributed by atoms with Crippen molar-refractivity contribution in [1.82, 2.24) is 9.88 Å². The first-order valence-corrected chi connectivity index (χ1v) is 16.3. The number of methoxy groups -OCH3 is 2. The standard InChI is InChI=1S/C27H30Cl3FN4O4S2/c1-34(2)23-11-18-17(27(18,29)30)10-22(23)33-21-13-20(31)25(12-19(21)28)41(36,37)35(26-32-7-8-40-26)14-15-5-6-16(38-3)9-24(15)39-4/h5-9,12-13,17-18,22-23,33H,10-11,14H2,1-4H3/t17-,18+,22+,23+/m1/s1. The first-order chi connectivity index (χ1) is 19.4. The third-order valence-corrected chi connectivity index (χ3v) is 12.0. The predicted octanol–water partition coefficient (Wildman–Crippen LogP) is 6.27. The van der Waals surface area contributed by atoms with E-state index in [1.54, 1.807) is 23.6 Å². The maximum Gasteiger partial charge on any atom is 0.269 e. The monoisotopic (exact) mass is 662 g/mol. The van der Waals surface area contributed by atoms with Crippen LogP contribution in [-0.2, 0) is 16.6 Å². The number of halogens is 4. The summed E-state index contributed by atoms with van der Waals surface area (Å²) in [4.78, 5) is 5.71. The van der Waals surface area contributed by atoms with E-state index in [0.29, 0.717) is 29.2 Å². The lowest BCUT2D eigenvalue weighted by Crippen LogP contribution is -2.46. The summed E-state index contributed by atoms with van der Waals surface area (Å²) in [5.74, 6) is 0.356. The lowest BCUT2D eigenvalue weighted by Gasteiger charge is -2.36. The lowest BCUT2D eigenvalue weighted by atomic mass is 9.89. The molecule has 0 amide bonds. The Morgan fingerprint density at radius 3 is 2.51 bits per heavy atom. The molecule has 2 aliphatic rings. The molecular weight excluding hydrogens is 634 g/mol. The van der Waals surface area contributed by atoms with Crippen LogP contribution in [0.2, 0.25) is 5.02 Å². The first-order valence-electron chi connectivity index (χ1n) is 12.8. The van der Waals surface area contributed by atoms with Crippen molar-refractivity contribution in [3.05, 3.63) is 58.3 Å². The van der Waals surface area contributed by atoms with Gasteiger partial charge in [-0.25, -0.2) is 22.1 Å². The van der Waals surface area contributed by atoms with Crippen LogP contribution in [-0.4, -0.2) is 63.0 Å². The van der Waals surface area contributed by atoms with E-state index in [0.717, 1.165) is 34.2 Å². The van der Waals surface area contributed by atoms with Gasteiger partial charge in [0.1, 0.15) is 26.5 Å². The van der Waals surface area contributed by atoms with Crippen LogP contribution in [0.5, 0.6) is 11.5 Å². The second-order valence-electron chi connectivity index (χ2n) is 10.4. The number of nitrogens with zero attached hydrogens (tertiary/aromatic N) is 3. The van der Waals surface area contributed by atoms with Crippen molar-refractivity contribution in [1.29, 1.82) is 0 Å². The maximum atomic E-state index is 15.7. The summed E-state index contributed by atoms with van der Waals surface area (Å²) in [5, 5.41) is 5.23. The van der Waals surface area contributed by atoms with E-state index in [4.69, 9.17) is 44.3 Å². The summed E-state index contributed by atoms with van der Waals surface area (Å²) in [5.41, 5.74) is 0.836. The highest BCUT2D eigenvalue weighted by Crippen LogP contribution is 2.65. The van der Waals surface area contributed by atoms with Gasteiger partial charge in [0.25, 0.3) is 10.0 Å². The van der Waals surface area contributed by atoms with Crippen LogP contribution < -0.4 is 19.1 Å². The zero-order valence-corrected chi connectivity index (χ0v) is 26.7. The second-order valence-corrected chi connectivity index (χ2v) is 15.0. The van der Waals surface area contributed by atoms with Gasteiger partial charge in [-0.05, 0) is 63.0 Å². The number of thiazole rings is 1. The van der Waals surface area contributed by atoms with Crippen molar-refractivity contribution in [2.24, 2.45) is 11.8 Å². The van der Waals surface area contributed by atoms with E-state index >= 15 is 4.39 Å². The molecule has 1 aromatic heterocycles. The Bertz CT molecular complexity index is 1520. The maximum absolute atomic E-state index is 15.7. The molecule has 1 N–H and O–H groups in total. The number of rotatable bonds is 10. The largest absolute Gasteiger partial charge is 0.497 e. The van der Waals surface area contributed by atoms with Crippen molar-refractivity contribution >= 4 is 67.0 Å². The minimum atomic E-state index is -4.44. The van der Waals surface area contributed by atoms with Gasteiger partial charge in [0.05, 0.1) is 31.5 Å². The Morgan fingerprint density at radius 2 is 1.88 bits per heavy atom. The zero-order chi connectivity index (χ0) is 29.7. The van der Waals surface area contributed by atoms with Gasteiger partial charge >= 0.3 is 0 Å². The number of fused-ring (bicyclic) bond motifs is 1. The predicted molar refractivity (Wildman–Crippen MR) is 162 cm³/mol. The van der Waals surface area contributed by atoms with Gasteiger partial charge in [-0.15, -0.1) is 34.5 Å². The molecular formula is C27H30Cl3FN4O4S2. The molecule has 0 aliphatic heterocycles. The van der Waals surface area contributed by atoms with Crippen molar-refractivity contribution < 1.29 is 22.3 Å². The quantitative estimate of drug-likeness (QED) is 0.256. The van der Waals surface area contributed by atoms with Gasteiger partial charge in [-0.2, -0.15) is 0 Å². The molecule has 4 atom stereocenters. The highest BCUT2D eigenvalue weighted by Gasteiger charge is 2.66. The first kappa shape index (κ1) is 30.4. The van der Waals surface area contributed by atoms with Crippen LogP contribution in [0.15, 0.2) is 46.8 Å². The Hall–Kier alpha value is -2.02. The van der Waals surface area contributed by atoms with Crippen molar-refractivity contribution in [3.8, 4) is 11.5 Å². The lowest BCUT2D eigenvalue weighted by molar-refractivity contribution is 0.204. The Balaban J connectivity index is 1.46. The summed E-state index contributed by atoms with van der Waals surface area (Å²) >= 11 is 20.7. The number of hydrogen-bond acceptors (Lipinski definition) is 8. The number of aromatic nitrogens is 1. The van der Waals surface area contributed by atoms with Gasteiger partial charge in [-0.1, -0.05) is 11.6 Å². The van der Waals surface area contributed by atoms with E-state index in [-0.39, 0.29) is 40.6 Å². The van der Waals surface area contributed by atoms with Gasteiger partial charge in [0, 0.05) is 35.3 Å². The molecule has 0 radical (unpaired) electrons. The smallest absolute Gasteiger partial charge is 0.269 e. The Kier molecular flexibility index (Phi) is 8.59. The fraction of sp³-hybridized carbons (Fsp3) is 0.444. The van der Waals surface area contributed by atoms with Gasteiger partial charge in [-0.3, -0.25) is 0 Å². The number of nitrogens with one attached hydrogen (secondary N) is 1. The number of hydrogen-bond donors (Lipinski definition) is 1. The minimum absolute atomic E-state index is 0.0736. The van der Waals surface area contributed by atoms with Crippen LogP contribution in [0, 0.1) is 17.7 Å². The fourth-order valence-corrected chi connectivity index (χ4v) is 9.04. The summed E-state index contributed by atoms with van der Waals surface area (Å²) in [6.07, 6.45) is 2.95. The average Bonchev–Trinajstić information content (AvgIpc) is 3.24. The molecule has 5 rings (SSSR count). The molecule has 0 spiro atoms. The Morgan fingerprint density at radius 1 is 1.15 bits per heavy atom. The molecule has 2 fully saturated rings. The summed E-state index contributed by atoms with van der Waals surface area (Å²) in [7, 11) is 2.49. The molecule has 2 aromatic carbocycles. The number of alkyl halides is 2.